The first-order chi connectivity index (χ1) is 9.65. The lowest BCUT2D eigenvalue weighted by atomic mass is 10.0. The summed E-state index contributed by atoms with van der Waals surface area (Å²) < 4.78 is 0. The number of piperidine rings is 1. The number of aromatic nitrogens is 1. The van der Waals surface area contributed by atoms with Crippen molar-refractivity contribution in [2.24, 2.45) is 0 Å². The van der Waals surface area contributed by atoms with Crippen LogP contribution in [-0.4, -0.2) is 41.2 Å². The van der Waals surface area contributed by atoms with E-state index >= 15 is 0 Å². The molecule has 0 bridgehead atoms. The summed E-state index contributed by atoms with van der Waals surface area (Å²) in [5, 5.41) is 12.2. The molecule has 0 radical (unpaired) electrons. The first kappa shape index (κ1) is 14.8. The molecule has 0 spiro atoms. The van der Waals surface area contributed by atoms with Crippen molar-refractivity contribution in [3.8, 4) is 0 Å². The predicted molar refractivity (Wildman–Crippen MR) is 78.5 cm³/mol. The molecule has 0 aromatic carbocycles. The van der Waals surface area contributed by atoms with Crippen molar-refractivity contribution in [3.63, 3.8) is 0 Å². The van der Waals surface area contributed by atoms with Gasteiger partial charge in [0.05, 0.1) is 6.10 Å². The Bertz CT molecular complexity index is 414. The third-order valence-corrected chi connectivity index (χ3v) is 3.62. The largest absolute Gasteiger partial charge is 0.393 e. The Balaban J connectivity index is 1.73. The van der Waals surface area contributed by atoms with Gasteiger partial charge in [0, 0.05) is 31.7 Å². The van der Waals surface area contributed by atoms with Gasteiger partial charge in [-0.1, -0.05) is 6.07 Å². The number of nitrogens with zero attached hydrogens (tertiary/aromatic N) is 2. The van der Waals surface area contributed by atoms with E-state index in [0.29, 0.717) is 12.8 Å². The van der Waals surface area contributed by atoms with Gasteiger partial charge in [-0.3, -0.25) is 4.79 Å². The number of carbonyl (C=O) groups excluding carboxylic acids is 1. The molecule has 110 valence electrons. The quantitative estimate of drug-likeness (QED) is 0.852. The van der Waals surface area contributed by atoms with Gasteiger partial charge in [0.1, 0.15) is 5.82 Å². The Kier molecular flexibility index (Phi) is 5.35. The summed E-state index contributed by atoms with van der Waals surface area (Å²) in [4.78, 5) is 18.3. The smallest absolute Gasteiger partial charge is 0.220 e. The van der Waals surface area contributed by atoms with Gasteiger partial charge in [0.25, 0.3) is 0 Å². The minimum atomic E-state index is -0.410. The van der Waals surface area contributed by atoms with Crippen LogP contribution in [0.25, 0.3) is 0 Å². The molecule has 1 fully saturated rings. The van der Waals surface area contributed by atoms with Crippen molar-refractivity contribution in [2.75, 3.05) is 18.0 Å². The highest BCUT2D eigenvalue weighted by Crippen LogP contribution is 2.17. The highest BCUT2D eigenvalue weighted by atomic mass is 16.3. The third kappa shape index (κ3) is 4.49. The molecule has 1 aromatic rings. The summed E-state index contributed by atoms with van der Waals surface area (Å²) in [6.07, 6.45) is 4.20. The van der Waals surface area contributed by atoms with E-state index in [9.17, 15) is 9.90 Å². The van der Waals surface area contributed by atoms with Crippen molar-refractivity contribution >= 4 is 11.7 Å². The average Bonchev–Trinajstić information content (AvgIpc) is 2.47. The van der Waals surface area contributed by atoms with Crippen LogP contribution in [0.2, 0.25) is 0 Å². The van der Waals surface area contributed by atoms with Gasteiger partial charge in [0.15, 0.2) is 0 Å². The second-order valence-electron chi connectivity index (χ2n) is 5.40. The molecule has 1 atom stereocenters. The maximum atomic E-state index is 11.7. The Morgan fingerprint density at radius 3 is 2.85 bits per heavy atom. The highest BCUT2D eigenvalue weighted by molar-refractivity contribution is 5.76. The zero-order valence-corrected chi connectivity index (χ0v) is 12.0. The van der Waals surface area contributed by atoms with Gasteiger partial charge in [-0.15, -0.1) is 0 Å². The standard InChI is InChI=1S/C15H23N3O2/c1-12(19)5-6-15(20)17-13-7-10-18(11-8-13)14-4-2-3-9-16-14/h2-4,9,12-13,19H,5-8,10-11H2,1H3,(H,17,20). The van der Waals surface area contributed by atoms with Crippen LogP contribution >= 0.6 is 0 Å². The summed E-state index contributed by atoms with van der Waals surface area (Å²) in [7, 11) is 0. The molecular weight excluding hydrogens is 254 g/mol. The maximum absolute atomic E-state index is 11.7. The molecule has 0 saturated carbocycles. The van der Waals surface area contributed by atoms with Gasteiger partial charge in [-0.2, -0.15) is 0 Å². The fourth-order valence-electron chi connectivity index (χ4n) is 2.43. The normalized spacial score (nSPS) is 17.8. The van der Waals surface area contributed by atoms with Crippen molar-refractivity contribution < 1.29 is 9.90 Å². The zero-order valence-electron chi connectivity index (χ0n) is 12.0. The van der Waals surface area contributed by atoms with Gasteiger partial charge in [-0.05, 0) is 38.3 Å². The van der Waals surface area contributed by atoms with Gasteiger partial charge in [-0.25, -0.2) is 4.98 Å². The van der Waals surface area contributed by atoms with Crippen molar-refractivity contribution in [1.29, 1.82) is 0 Å². The fourth-order valence-corrected chi connectivity index (χ4v) is 2.43. The van der Waals surface area contributed by atoms with E-state index in [1.807, 2.05) is 18.2 Å². The number of hydrogen-bond donors (Lipinski definition) is 2. The van der Waals surface area contributed by atoms with E-state index in [0.717, 1.165) is 31.7 Å². The van der Waals surface area contributed by atoms with Crippen LogP contribution in [0.3, 0.4) is 0 Å². The monoisotopic (exact) mass is 277 g/mol. The number of pyridine rings is 1. The maximum Gasteiger partial charge on any atom is 0.220 e. The molecule has 2 rings (SSSR count). The number of aliphatic hydroxyl groups excluding tert-OH is 1. The van der Waals surface area contributed by atoms with Crippen LogP contribution in [0.1, 0.15) is 32.6 Å². The van der Waals surface area contributed by atoms with E-state index in [2.05, 4.69) is 15.2 Å². The van der Waals surface area contributed by atoms with Crippen LogP contribution in [0.5, 0.6) is 0 Å². The molecule has 1 aliphatic heterocycles. The van der Waals surface area contributed by atoms with Crippen molar-refractivity contribution in [3.05, 3.63) is 24.4 Å². The van der Waals surface area contributed by atoms with Crippen LogP contribution in [0.15, 0.2) is 24.4 Å². The number of anilines is 1. The Morgan fingerprint density at radius 1 is 1.50 bits per heavy atom. The molecule has 20 heavy (non-hydrogen) atoms. The minimum absolute atomic E-state index is 0.0437. The molecule has 0 aliphatic carbocycles. The van der Waals surface area contributed by atoms with Gasteiger partial charge < -0.3 is 15.3 Å². The van der Waals surface area contributed by atoms with Crippen molar-refractivity contribution in [2.45, 2.75) is 44.8 Å². The lowest BCUT2D eigenvalue weighted by Gasteiger charge is -2.33. The number of aliphatic hydroxyl groups is 1. The fraction of sp³-hybridized carbons (Fsp3) is 0.600. The molecule has 5 heteroatoms. The molecular formula is C15H23N3O2. The second-order valence-corrected chi connectivity index (χ2v) is 5.40. The van der Waals surface area contributed by atoms with E-state index in [1.54, 1.807) is 13.1 Å². The lowest BCUT2D eigenvalue weighted by Crippen LogP contribution is -2.45. The lowest BCUT2D eigenvalue weighted by molar-refractivity contribution is -0.122. The van der Waals surface area contributed by atoms with E-state index in [1.165, 1.54) is 0 Å². The zero-order chi connectivity index (χ0) is 14.4. The molecule has 1 amide bonds. The highest BCUT2D eigenvalue weighted by Gasteiger charge is 2.21. The van der Waals surface area contributed by atoms with Crippen LogP contribution in [-0.2, 0) is 4.79 Å². The summed E-state index contributed by atoms with van der Waals surface area (Å²) in [6.45, 7) is 3.54. The molecule has 2 N–H and O–H groups in total. The molecule has 5 nitrogen and oxygen atoms in total. The Morgan fingerprint density at radius 2 is 2.25 bits per heavy atom. The minimum Gasteiger partial charge on any atom is -0.393 e. The van der Waals surface area contributed by atoms with Gasteiger partial charge in [0.2, 0.25) is 5.91 Å². The summed E-state index contributed by atoms with van der Waals surface area (Å²) in [5.74, 6) is 1.05. The number of rotatable bonds is 5. The van der Waals surface area contributed by atoms with Crippen LogP contribution < -0.4 is 10.2 Å². The topological polar surface area (TPSA) is 65.5 Å². The Labute approximate surface area is 120 Å². The molecule has 1 saturated heterocycles. The first-order valence-corrected chi connectivity index (χ1v) is 7.28. The molecule has 1 aliphatic rings. The van der Waals surface area contributed by atoms with Crippen LogP contribution in [0, 0.1) is 0 Å². The number of hydrogen-bond acceptors (Lipinski definition) is 4. The first-order valence-electron chi connectivity index (χ1n) is 7.28. The van der Waals surface area contributed by atoms with E-state index in [-0.39, 0.29) is 11.9 Å². The second kappa shape index (κ2) is 7.24. The van der Waals surface area contributed by atoms with Gasteiger partial charge >= 0.3 is 0 Å². The van der Waals surface area contributed by atoms with E-state index < -0.39 is 6.10 Å². The molecule has 2 heterocycles. The third-order valence-electron chi connectivity index (χ3n) is 3.62. The average molecular weight is 277 g/mol. The van der Waals surface area contributed by atoms with Crippen molar-refractivity contribution in [1.82, 2.24) is 10.3 Å². The predicted octanol–water partition coefficient (Wildman–Crippen LogP) is 1.33. The Hall–Kier alpha value is -1.62. The number of nitrogens with one attached hydrogen (secondary N) is 1. The molecule has 1 aromatic heterocycles. The van der Waals surface area contributed by atoms with E-state index in [4.69, 9.17) is 0 Å². The summed E-state index contributed by atoms with van der Waals surface area (Å²) >= 11 is 0. The number of amides is 1. The molecule has 1 unspecified atom stereocenters. The summed E-state index contributed by atoms with van der Waals surface area (Å²) in [5.41, 5.74) is 0. The van der Waals surface area contributed by atoms with Crippen LogP contribution in [0.4, 0.5) is 5.82 Å². The number of carbonyl (C=O) groups is 1. The summed E-state index contributed by atoms with van der Waals surface area (Å²) in [6, 6.07) is 6.17. The SMILES string of the molecule is CC(O)CCC(=O)NC1CCN(c2ccccn2)CC1.